The van der Waals surface area contributed by atoms with Crippen molar-refractivity contribution in [1.29, 1.82) is 0 Å². The molecule has 0 aromatic heterocycles. The highest BCUT2D eigenvalue weighted by molar-refractivity contribution is 6.01. The van der Waals surface area contributed by atoms with E-state index in [4.69, 9.17) is 4.74 Å². The fourth-order valence-corrected chi connectivity index (χ4v) is 2.50. The Bertz CT molecular complexity index is 453. The Hall–Kier alpha value is -1.39. The topological polar surface area (TPSA) is 41.6 Å². The predicted molar refractivity (Wildman–Crippen MR) is 76.0 cm³/mol. The third kappa shape index (κ3) is 3.14. The van der Waals surface area contributed by atoms with Crippen molar-refractivity contribution in [3.8, 4) is 5.75 Å². The van der Waals surface area contributed by atoms with E-state index in [-0.39, 0.29) is 11.8 Å². The van der Waals surface area contributed by atoms with Crippen molar-refractivity contribution in [2.24, 2.45) is 0 Å². The Labute approximate surface area is 114 Å². The van der Waals surface area contributed by atoms with Crippen LogP contribution in [0.15, 0.2) is 18.2 Å². The van der Waals surface area contributed by atoms with Crippen LogP contribution in [0.5, 0.6) is 5.75 Å². The van der Waals surface area contributed by atoms with Crippen LogP contribution >= 0.6 is 0 Å². The second-order valence-electron chi connectivity index (χ2n) is 5.01. The van der Waals surface area contributed by atoms with E-state index in [0.29, 0.717) is 0 Å². The number of carbonyl (C=O) groups is 1. The molecule has 1 fully saturated rings. The van der Waals surface area contributed by atoms with Gasteiger partial charge in [0.15, 0.2) is 5.78 Å². The van der Waals surface area contributed by atoms with Crippen LogP contribution < -0.4 is 10.1 Å². The van der Waals surface area contributed by atoms with Gasteiger partial charge in [0, 0.05) is 31.7 Å². The zero-order valence-electron chi connectivity index (χ0n) is 11.9. The van der Waals surface area contributed by atoms with Crippen molar-refractivity contribution in [3.63, 3.8) is 0 Å². The number of hydrogen-bond acceptors (Lipinski definition) is 4. The number of hydrogen-bond donors (Lipinski definition) is 1. The number of piperazine rings is 1. The number of nitrogens with zero attached hydrogens (tertiary/aromatic N) is 1. The lowest BCUT2D eigenvalue weighted by atomic mass is 9.99. The maximum atomic E-state index is 12.6. The first kappa shape index (κ1) is 14.0. The number of methoxy groups -OCH3 is 1. The average molecular weight is 262 g/mol. The third-order valence-corrected chi connectivity index (χ3v) is 3.78. The second kappa shape index (κ2) is 6.17. The number of rotatable bonds is 4. The van der Waals surface area contributed by atoms with Crippen molar-refractivity contribution < 1.29 is 9.53 Å². The summed E-state index contributed by atoms with van der Waals surface area (Å²) >= 11 is 0. The zero-order chi connectivity index (χ0) is 13.8. The van der Waals surface area contributed by atoms with E-state index >= 15 is 0 Å². The third-order valence-electron chi connectivity index (χ3n) is 3.78. The lowest BCUT2D eigenvalue weighted by Gasteiger charge is -2.32. The highest BCUT2D eigenvalue weighted by Gasteiger charge is 2.24. The molecule has 1 saturated heterocycles. The van der Waals surface area contributed by atoms with Crippen LogP contribution in [0.1, 0.15) is 22.8 Å². The summed E-state index contributed by atoms with van der Waals surface area (Å²) in [6.45, 7) is 7.74. The first-order valence-electron chi connectivity index (χ1n) is 6.77. The van der Waals surface area contributed by atoms with Crippen LogP contribution in [0.3, 0.4) is 0 Å². The van der Waals surface area contributed by atoms with Crippen LogP contribution in [0.25, 0.3) is 0 Å². The Morgan fingerprint density at radius 3 is 2.63 bits per heavy atom. The molecule has 1 atom stereocenters. The molecule has 104 valence electrons. The van der Waals surface area contributed by atoms with E-state index in [2.05, 4.69) is 10.2 Å². The summed E-state index contributed by atoms with van der Waals surface area (Å²) < 4.78 is 5.18. The summed E-state index contributed by atoms with van der Waals surface area (Å²) in [5.41, 5.74) is 1.78. The van der Waals surface area contributed by atoms with Crippen LogP contribution in [0, 0.1) is 6.92 Å². The van der Waals surface area contributed by atoms with Gasteiger partial charge in [-0.25, -0.2) is 0 Å². The maximum Gasteiger partial charge on any atom is 0.179 e. The molecule has 1 aromatic carbocycles. The number of benzene rings is 1. The first-order chi connectivity index (χ1) is 9.13. The molecule has 1 N–H and O–H groups in total. The van der Waals surface area contributed by atoms with E-state index < -0.39 is 0 Å². The van der Waals surface area contributed by atoms with Crippen LogP contribution in [-0.4, -0.2) is 50.0 Å². The average Bonchev–Trinajstić information content (AvgIpc) is 2.46. The molecular weight excluding hydrogens is 240 g/mol. The van der Waals surface area contributed by atoms with Gasteiger partial charge in [-0.1, -0.05) is 0 Å². The van der Waals surface area contributed by atoms with E-state index in [1.165, 1.54) is 0 Å². The van der Waals surface area contributed by atoms with Gasteiger partial charge in [-0.2, -0.15) is 0 Å². The standard InChI is InChI=1S/C15H22N2O2/c1-11-10-13(19-3)4-5-14(11)15(18)12(2)17-8-6-16-7-9-17/h4-5,10,12,16H,6-9H2,1-3H3. The molecule has 0 aliphatic carbocycles. The predicted octanol–water partition coefficient (Wildman–Crippen LogP) is 1.48. The summed E-state index contributed by atoms with van der Waals surface area (Å²) in [7, 11) is 1.64. The maximum absolute atomic E-state index is 12.6. The van der Waals surface area contributed by atoms with E-state index in [9.17, 15) is 4.79 Å². The molecule has 0 saturated carbocycles. The van der Waals surface area contributed by atoms with Crippen molar-refractivity contribution in [2.45, 2.75) is 19.9 Å². The van der Waals surface area contributed by atoms with Gasteiger partial charge in [0.25, 0.3) is 0 Å². The largest absolute Gasteiger partial charge is 0.497 e. The molecule has 0 amide bonds. The Kier molecular flexibility index (Phi) is 4.56. The molecule has 1 aliphatic heterocycles. The lowest BCUT2D eigenvalue weighted by molar-refractivity contribution is 0.0819. The lowest BCUT2D eigenvalue weighted by Crippen LogP contribution is -2.50. The smallest absolute Gasteiger partial charge is 0.179 e. The van der Waals surface area contributed by atoms with Crippen molar-refractivity contribution in [2.75, 3.05) is 33.3 Å². The molecule has 1 heterocycles. The minimum atomic E-state index is -0.0609. The molecule has 2 rings (SSSR count). The zero-order valence-corrected chi connectivity index (χ0v) is 11.9. The van der Waals surface area contributed by atoms with Crippen LogP contribution in [0.4, 0.5) is 0 Å². The van der Waals surface area contributed by atoms with Gasteiger partial charge in [-0.15, -0.1) is 0 Å². The molecule has 0 radical (unpaired) electrons. The number of aryl methyl sites for hydroxylation is 1. The Morgan fingerprint density at radius 2 is 2.05 bits per heavy atom. The van der Waals surface area contributed by atoms with Gasteiger partial charge in [0.1, 0.15) is 5.75 Å². The summed E-state index contributed by atoms with van der Waals surface area (Å²) in [5, 5.41) is 3.31. The van der Waals surface area contributed by atoms with Gasteiger partial charge < -0.3 is 10.1 Å². The minimum Gasteiger partial charge on any atom is -0.497 e. The molecule has 4 nitrogen and oxygen atoms in total. The quantitative estimate of drug-likeness (QED) is 0.835. The molecule has 0 bridgehead atoms. The number of Topliss-reactive ketones (excluding diaryl/α,β-unsaturated/α-hetero) is 1. The van der Waals surface area contributed by atoms with E-state index in [1.54, 1.807) is 7.11 Å². The molecule has 1 unspecified atom stereocenters. The number of ketones is 1. The van der Waals surface area contributed by atoms with Crippen molar-refractivity contribution >= 4 is 5.78 Å². The van der Waals surface area contributed by atoms with Crippen LogP contribution in [-0.2, 0) is 0 Å². The monoisotopic (exact) mass is 262 g/mol. The number of carbonyl (C=O) groups excluding carboxylic acids is 1. The van der Waals surface area contributed by atoms with Gasteiger partial charge in [-0.3, -0.25) is 9.69 Å². The Balaban J connectivity index is 2.14. The van der Waals surface area contributed by atoms with Crippen LogP contribution in [0.2, 0.25) is 0 Å². The van der Waals surface area contributed by atoms with Gasteiger partial charge in [0.2, 0.25) is 0 Å². The molecule has 1 aliphatic rings. The fraction of sp³-hybridized carbons (Fsp3) is 0.533. The number of ether oxygens (including phenoxy) is 1. The molecule has 0 spiro atoms. The minimum absolute atomic E-state index is 0.0609. The summed E-state index contributed by atoms with van der Waals surface area (Å²) in [6.07, 6.45) is 0. The normalized spacial score (nSPS) is 18.1. The van der Waals surface area contributed by atoms with Gasteiger partial charge in [0.05, 0.1) is 13.2 Å². The summed E-state index contributed by atoms with van der Waals surface area (Å²) in [4.78, 5) is 14.8. The number of nitrogens with one attached hydrogen (secondary N) is 1. The highest BCUT2D eigenvalue weighted by atomic mass is 16.5. The second-order valence-corrected chi connectivity index (χ2v) is 5.01. The highest BCUT2D eigenvalue weighted by Crippen LogP contribution is 2.19. The Morgan fingerprint density at radius 1 is 1.37 bits per heavy atom. The SMILES string of the molecule is COc1ccc(C(=O)C(C)N2CCNCC2)c(C)c1. The van der Waals surface area contributed by atoms with E-state index in [0.717, 1.165) is 43.1 Å². The fourth-order valence-electron chi connectivity index (χ4n) is 2.50. The molecular formula is C15H22N2O2. The van der Waals surface area contributed by atoms with E-state index in [1.807, 2.05) is 32.0 Å². The molecule has 4 heteroatoms. The molecule has 1 aromatic rings. The summed E-state index contributed by atoms with van der Waals surface area (Å²) in [5.74, 6) is 0.992. The summed E-state index contributed by atoms with van der Waals surface area (Å²) in [6, 6.07) is 5.58. The van der Waals surface area contributed by atoms with Gasteiger partial charge >= 0.3 is 0 Å². The van der Waals surface area contributed by atoms with Gasteiger partial charge in [-0.05, 0) is 37.6 Å². The van der Waals surface area contributed by atoms with Crippen molar-refractivity contribution in [3.05, 3.63) is 29.3 Å². The van der Waals surface area contributed by atoms with Crippen molar-refractivity contribution in [1.82, 2.24) is 10.2 Å². The molecule has 19 heavy (non-hydrogen) atoms. The first-order valence-corrected chi connectivity index (χ1v) is 6.77.